The van der Waals surface area contributed by atoms with Gasteiger partial charge in [-0.25, -0.2) is 0 Å². The third kappa shape index (κ3) is 3.49. The maximum Gasteiger partial charge on any atom is 0.494 e. The van der Waals surface area contributed by atoms with E-state index >= 15 is 0 Å². The Morgan fingerprint density at radius 2 is 1.38 bits per heavy atom. The Balaban J connectivity index is 1.47. The molecule has 37 heavy (non-hydrogen) atoms. The zero-order valence-corrected chi connectivity index (χ0v) is 22.3. The molecule has 5 heteroatoms. The highest BCUT2D eigenvalue weighted by Crippen LogP contribution is 2.43. The predicted molar refractivity (Wildman–Crippen MR) is 157 cm³/mol. The van der Waals surface area contributed by atoms with E-state index in [-0.39, 0.29) is 18.3 Å². The van der Waals surface area contributed by atoms with Gasteiger partial charge in [-0.05, 0) is 68.6 Å². The van der Waals surface area contributed by atoms with Gasteiger partial charge < -0.3 is 13.9 Å². The van der Waals surface area contributed by atoms with Gasteiger partial charge in [0.15, 0.2) is 0 Å². The maximum absolute atomic E-state index is 6.41. The molecule has 7 rings (SSSR count). The normalized spacial score (nSPS) is 16.8. The summed E-state index contributed by atoms with van der Waals surface area (Å²) in [5.74, 6) is 0. The van der Waals surface area contributed by atoms with Crippen LogP contribution >= 0.6 is 11.3 Å². The highest BCUT2D eigenvalue weighted by atomic mass is 32.1. The topological polar surface area (TPSA) is 23.4 Å². The van der Waals surface area contributed by atoms with Crippen molar-refractivity contribution in [1.82, 2.24) is 4.57 Å². The van der Waals surface area contributed by atoms with Crippen LogP contribution < -0.4 is 5.46 Å². The number of benzene rings is 4. The number of nitrogens with zero attached hydrogens (tertiary/aromatic N) is 1. The summed E-state index contributed by atoms with van der Waals surface area (Å²) in [5, 5.41) is 3.81. The first-order valence-corrected chi connectivity index (χ1v) is 13.6. The number of hydrogen-bond acceptors (Lipinski definition) is 3. The molecule has 0 radical (unpaired) electrons. The molecular weight excluding hydrogens is 473 g/mol. The van der Waals surface area contributed by atoms with E-state index in [0.29, 0.717) is 0 Å². The van der Waals surface area contributed by atoms with Gasteiger partial charge in [-0.1, -0.05) is 72.8 Å². The number of thiophene rings is 1. The van der Waals surface area contributed by atoms with Crippen molar-refractivity contribution in [2.45, 2.75) is 38.9 Å². The average Bonchev–Trinajstić information content (AvgIpc) is 3.49. The molecule has 3 nitrogen and oxygen atoms in total. The molecule has 0 spiro atoms. The highest BCUT2D eigenvalue weighted by Gasteiger charge is 2.51. The molecule has 0 aliphatic carbocycles. The van der Waals surface area contributed by atoms with Crippen LogP contribution in [0.5, 0.6) is 0 Å². The first kappa shape index (κ1) is 22.8. The molecule has 6 aromatic rings. The molecule has 0 atom stereocenters. The van der Waals surface area contributed by atoms with E-state index in [4.69, 9.17) is 9.31 Å². The smallest absolute Gasteiger partial charge is 0.399 e. The third-order valence-corrected chi connectivity index (χ3v) is 9.20. The van der Waals surface area contributed by atoms with Crippen LogP contribution in [0, 0.1) is 0 Å². The van der Waals surface area contributed by atoms with E-state index in [2.05, 4.69) is 129 Å². The molecule has 0 bridgehead atoms. The average molecular weight is 501 g/mol. The van der Waals surface area contributed by atoms with E-state index in [1.807, 2.05) is 11.3 Å². The Hall–Kier alpha value is -3.38. The van der Waals surface area contributed by atoms with Gasteiger partial charge in [-0.15, -0.1) is 11.3 Å². The second kappa shape index (κ2) is 8.06. The predicted octanol–water partition coefficient (Wildman–Crippen LogP) is 7.96. The molecule has 1 aliphatic heterocycles. The Morgan fingerprint density at radius 1 is 0.676 bits per heavy atom. The minimum absolute atomic E-state index is 0.374. The molecular formula is C32H28BNO2S. The maximum atomic E-state index is 6.41. The zero-order valence-electron chi connectivity index (χ0n) is 21.5. The zero-order chi connectivity index (χ0) is 25.4. The van der Waals surface area contributed by atoms with Crippen LogP contribution in [0.3, 0.4) is 0 Å². The number of fused-ring (bicyclic) bond motifs is 5. The van der Waals surface area contributed by atoms with Crippen molar-refractivity contribution in [2.24, 2.45) is 0 Å². The van der Waals surface area contributed by atoms with E-state index in [1.54, 1.807) is 0 Å². The molecule has 0 unspecified atom stereocenters. The summed E-state index contributed by atoms with van der Waals surface area (Å²) >= 11 is 1.85. The monoisotopic (exact) mass is 501 g/mol. The van der Waals surface area contributed by atoms with Crippen molar-refractivity contribution in [1.29, 1.82) is 0 Å². The van der Waals surface area contributed by atoms with Crippen LogP contribution in [0.15, 0.2) is 97.1 Å². The first-order chi connectivity index (χ1) is 17.8. The van der Waals surface area contributed by atoms with Gasteiger partial charge >= 0.3 is 7.12 Å². The van der Waals surface area contributed by atoms with Crippen LogP contribution in [0.1, 0.15) is 27.7 Å². The van der Waals surface area contributed by atoms with E-state index in [0.717, 1.165) is 11.2 Å². The molecule has 1 fully saturated rings. The summed E-state index contributed by atoms with van der Waals surface area (Å²) in [6.45, 7) is 8.41. The standard InChI is InChI=1S/C32H28BNO2S/c1-31(2)32(3,4)36-33(35-31)23-17-18-27-26(20-23)29-25-15-8-9-16-28(25)37-30(29)34(27)24-14-10-13-22(19-24)21-11-6-5-7-12-21/h5-20H,1-4H3. The molecule has 182 valence electrons. The lowest BCUT2D eigenvalue weighted by molar-refractivity contribution is 0.00578. The summed E-state index contributed by atoms with van der Waals surface area (Å²) in [6, 6.07) is 34.8. The van der Waals surface area contributed by atoms with Gasteiger partial charge in [0.1, 0.15) is 4.83 Å². The van der Waals surface area contributed by atoms with Crippen LogP contribution in [-0.4, -0.2) is 22.9 Å². The SMILES string of the molecule is CC1(C)OB(c2ccc3c(c2)c2c4ccccc4sc2n3-c2cccc(-c3ccccc3)c2)OC1(C)C. The van der Waals surface area contributed by atoms with Gasteiger partial charge in [-0.2, -0.15) is 0 Å². The Labute approximate surface area is 221 Å². The Bertz CT molecular complexity index is 1780. The van der Waals surface area contributed by atoms with E-state index in [1.165, 1.54) is 42.3 Å². The molecule has 3 heterocycles. The van der Waals surface area contributed by atoms with Gasteiger partial charge in [0.2, 0.25) is 0 Å². The third-order valence-electron chi connectivity index (χ3n) is 8.05. The van der Waals surface area contributed by atoms with Gasteiger partial charge in [0.05, 0.1) is 16.7 Å². The van der Waals surface area contributed by atoms with Gasteiger partial charge in [0, 0.05) is 26.5 Å². The fourth-order valence-electron chi connectivity index (χ4n) is 5.35. The minimum atomic E-state index is -0.390. The van der Waals surface area contributed by atoms with E-state index in [9.17, 15) is 0 Å². The number of aromatic nitrogens is 1. The minimum Gasteiger partial charge on any atom is -0.399 e. The first-order valence-electron chi connectivity index (χ1n) is 12.8. The summed E-state index contributed by atoms with van der Waals surface area (Å²) < 4.78 is 16.5. The Kier molecular flexibility index (Phi) is 4.97. The Morgan fingerprint density at radius 3 is 2.16 bits per heavy atom. The molecule has 0 saturated carbocycles. The second-order valence-corrected chi connectivity index (χ2v) is 11.9. The van der Waals surface area contributed by atoms with Crippen LogP contribution in [0.4, 0.5) is 0 Å². The van der Waals surface area contributed by atoms with Crippen LogP contribution in [-0.2, 0) is 9.31 Å². The second-order valence-electron chi connectivity index (χ2n) is 10.9. The van der Waals surface area contributed by atoms with Crippen molar-refractivity contribution in [2.75, 3.05) is 0 Å². The van der Waals surface area contributed by atoms with Crippen molar-refractivity contribution in [3.8, 4) is 16.8 Å². The molecule has 2 aromatic heterocycles. The summed E-state index contributed by atoms with van der Waals surface area (Å²) in [5.41, 5.74) is 5.09. The summed E-state index contributed by atoms with van der Waals surface area (Å²) in [7, 11) is -0.390. The lowest BCUT2D eigenvalue weighted by Crippen LogP contribution is -2.41. The fraction of sp³-hybridized carbons (Fsp3) is 0.188. The summed E-state index contributed by atoms with van der Waals surface area (Å²) in [4.78, 5) is 1.26. The van der Waals surface area contributed by atoms with Crippen LogP contribution in [0.25, 0.3) is 48.0 Å². The van der Waals surface area contributed by atoms with Crippen LogP contribution in [0.2, 0.25) is 0 Å². The molecule has 1 aliphatic rings. The van der Waals surface area contributed by atoms with Gasteiger partial charge in [0.25, 0.3) is 0 Å². The lowest BCUT2D eigenvalue weighted by atomic mass is 9.78. The highest BCUT2D eigenvalue weighted by molar-refractivity contribution is 7.25. The largest absolute Gasteiger partial charge is 0.494 e. The van der Waals surface area contributed by atoms with Gasteiger partial charge in [-0.3, -0.25) is 0 Å². The number of rotatable bonds is 3. The number of hydrogen-bond donors (Lipinski definition) is 0. The quantitative estimate of drug-likeness (QED) is 0.230. The van der Waals surface area contributed by atoms with Crippen molar-refractivity contribution < 1.29 is 9.31 Å². The fourth-order valence-corrected chi connectivity index (χ4v) is 6.60. The van der Waals surface area contributed by atoms with Crippen molar-refractivity contribution in [3.63, 3.8) is 0 Å². The van der Waals surface area contributed by atoms with Crippen molar-refractivity contribution in [3.05, 3.63) is 97.1 Å². The molecule has 4 aromatic carbocycles. The molecule has 0 N–H and O–H groups in total. The van der Waals surface area contributed by atoms with Crippen molar-refractivity contribution >= 4 is 55.1 Å². The molecule has 0 amide bonds. The summed E-state index contributed by atoms with van der Waals surface area (Å²) in [6.07, 6.45) is 0. The lowest BCUT2D eigenvalue weighted by Gasteiger charge is -2.32. The molecule has 1 saturated heterocycles. The van der Waals surface area contributed by atoms with E-state index < -0.39 is 0 Å².